The summed E-state index contributed by atoms with van der Waals surface area (Å²) in [6.07, 6.45) is 2.25. The molecule has 1 amide bonds. The third-order valence-corrected chi connectivity index (χ3v) is 4.41. The molecule has 19 heavy (non-hydrogen) atoms. The van der Waals surface area contributed by atoms with Crippen molar-refractivity contribution in [3.8, 4) is 0 Å². The molecule has 3 rings (SSSR count). The second-order valence-corrected chi connectivity index (χ2v) is 6.03. The van der Waals surface area contributed by atoms with E-state index >= 15 is 0 Å². The third-order valence-electron chi connectivity index (χ3n) is 3.19. The van der Waals surface area contributed by atoms with Crippen LogP contribution in [0.1, 0.15) is 30.8 Å². The zero-order valence-electron chi connectivity index (χ0n) is 10.8. The average Bonchev–Trinajstić information content (AvgIpc) is 3.10. The minimum absolute atomic E-state index is 0.0791. The molecule has 0 aliphatic heterocycles. The first-order chi connectivity index (χ1) is 9.22. The normalized spacial score (nSPS) is 16.5. The Balaban J connectivity index is 1.59. The summed E-state index contributed by atoms with van der Waals surface area (Å²) < 4.78 is 1.19. The second kappa shape index (κ2) is 5.27. The van der Waals surface area contributed by atoms with Crippen LogP contribution in [0.25, 0.3) is 10.2 Å². The molecule has 1 saturated carbocycles. The standard InChI is InChI=1S/C14H17N3OS/c1-9(15-8-13(18)16-10-6-7-10)14-17-11-4-2-3-5-12(11)19-14/h2-5,9-10,15H,6-8H2,1H3,(H,16,18). The Kier molecular flexibility index (Phi) is 3.48. The summed E-state index contributed by atoms with van der Waals surface area (Å²) in [4.78, 5) is 16.2. The zero-order chi connectivity index (χ0) is 13.2. The van der Waals surface area contributed by atoms with Gasteiger partial charge >= 0.3 is 0 Å². The highest BCUT2D eigenvalue weighted by atomic mass is 32.1. The number of nitrogens with one attached hydrogen (secondary N) is 2. The summed E-state index contributed by atoms with van der Waals surface area (Å²) in [6, 6.07) is 8.62. The fourth-order valence-corrected chi connectivity index (χ4v) is 2.91. The molecule has 100 valence electrons. The van der Waals surface area contributed by atoms with E-state index in [2.05, 4.69) is 21.7 Å². The lowest BCUT2D eigenvalue weighted by atomic mass is 10.3. The Morgan fingerprint density at radius 2 is 2.26 bits per heavy atom. The van der Waals surface area contributed by atoms with Crippen molar-refractivity contribution < 1.29 is 4.79 Å². The molecule has 2 N–H and O–H groups in total. The number of carbonyl (C=O) groups excluding carboxylic acids is 1. The molecule has 1 unspecified atom stereocenters. The van der Waals surface area contributed by atoms with Gasteiger partial charge in [-0.2, -0.15) is 0 Å². The number of hydrogen-bond donors (Lipinski definition) is 2. The van der Waals surface area contributed by atoms with Crippen LogP contribution in [0.2, 0.25) is 0 Å². The molecule has 2 aromatic rings. The maximum atomic E-state index is 11.6. The SMILES string of the molecule is CC(NCC(=O)NC1CC1)c1nc2ccccc2s1. The molecule has 1 heterocycles. The quantitative estimate of drug-likeness (QED) is 0.880. The van der Waals surface area contributed by atoms with Crippen molar-refractivity contribution in [1.29, 1.82) is 0 Å². The molecular weight excluding hydrogens is 258 g/mol. The topological polar surface area (TPSA) is 54.0 Å². The van der Waals surface area contributed by atoms with Gasteiger partial charge in [0, 0.05) is 6.04 Å². The number of aromatic nitrogens is 1. The van der Waals surface area contributed by atoms with Gasteiger partial charge in [0.25, 0.3) is 0 Å². The van der Waals surface area contributed by atoms with Crippen molar-refractivity contribution in [2.45, 2.75) is 31.8 Å². The Morgan fingerprint density at radius 3 is 3.00 bits per heavy atom. The van der Waals surface area contributed by atoms with Crippen LogP contribution in [0, 0.1) is 0 Å². The smallest absolute Gasteiger partial charge is 0.234 e. The number of nitrogens with zero attached hydrogens (tertiary/aromatic N) is 1. The summed E-state index contributed by atoms with van der Waals surface area (Å²) in [7, 11) is 0. The maximum absolute atomic E-state index is 11.6. The number of benzene rings is 1. The molecule has 0 radical (unpaired) electrons. The first kappa shape index (κ1) is 12.6. The van der Waals surface area contributed by atoms with Gasteiger partial charge in [-0.15, -0.1) is 11.3 Å². The minimum Gasteiger partial charge on any atom is -0.352 e. The van der Waals surface area contributed by atoms with Gasteiger partial charge in [0.2, 0.25) is 5.91 Å². The first-order valence-corrected chi connectivity index (χ1v) is 7.42. The van der Waals surface area contributed by atoms with Crippen molar-refractivity contribution >= 4 is 27.5 Å². The molecular formula is C14H17N3OS. The molecule has 1 aromatic heterocycles. The number of carbonyl (C=O) groups is 1. The van der Waals surface area contributed by atoms with Crippen LogP contribution in [0.3, 0.4) is 0 Å². The van der Waals surface area contributed by atoms with Crippen molar-refractivity contribution in [1.82, 2.24) is 15.6 Å². The minimum atomic E-state index is 0.0791. The largest absolute Gasteiger partial charge is 0.352 e. The fourth-order valence-electron chi connectivity index (χ4n) is 1.91. The van der Waals surface area contributed by atoms with Gasteiger partial charge < -0.3 is 5.32 Å². The van der Waals surface area contributed by atoms with Crippen LogP contribution >= 0.6 is 11.3 Å². The molecule has 1 aromatic carbocycles. The number of rotatable bonds is 5. The van der Waals surface area contributed by atoms with Gasteiger partial charge in [0.05, 0.1) is 22.8 Å². The second-order valence-electron chi connectivity index (χ2n) is 4.96. The van der Waals surface area contributed by atoms with E-state index in [4.69, 9.17) is 0 Å². The van der Waals surface area contributed by atoms with Crippen molar-refractivity contribution in [3.63, 3.8) is 0 Å². The van der Waals surface area contributed by atoms with Crippen molar-refractivity contribution in [3.05, 3.63) is 29.3 Å². The Labute approximate surface area is 116 Å². The fraction of sp³-hybridized carbons (Fsp3) is 0.429. The Hall–Kier alpha value is -1.46. The summed E-state index contributed by atoms with van der Waals surface area (Å²) in [5.74, 6) is 0.0791. The summed E-state index contributed by atoms with van der Waals surface area (Å²) in [5, 5.41) is 7.23. The molecule has 1 aliphatic carbocycles. The van der Waals surface area contributed by atoms with Crippen LogP contribution in [0.4, 0.5) is 0 Å². The Bertz CT molecular complexity index is 558. The number of amides is 1. The van der Waals surface area contributed by atoms with Crippen LogP contribution < -0.4 is 10.6 Å². The van der Waals surface area contributed by atoms with E-state index in [0.29, 0.717) is 12.6 Å². The van der Waals surface area contributed by atoms with E-state index in [0.717, 1.165) is 23.4 Å². The lowest BCUT2D eigenvalue weighted by Crippen LogP contribution is -2.36. The highest BCUT2D eigenvalue weighted by molar-refractivity contribution is 7.18. The van der Waals surface area contributed by atoms with E-state index < -0.39 is 0 Å². The monoisotopic (exact) mass is 275 g/mol. The van der Waals surface area contributed by atoms with E-state index in [1.807, 2.05) is 25.1 Å². The Morgan fingerprint density at radius 1 is 1.47 bits per heavy atom. The van der Waals surface area contributed by atoms with Crippen LogP contribution in [-0.2, 0) is 4.79 Å². The van der Waals surface area contributed by atoms with Crippen molar-refractivity contribution in [2.75, 3.05) is 6.54 Å². The molecule has 4 nitrogen and oxygen atoms in total. The number of fused-ring (bicyclic) bond motifs is 1. The first-order valence-electron chi connectivity index (χ1n) is 6.60. The molecule has 1 aliphatic rings. The van der Waals surface area contributed by atoms with E-state index in [1.165, 1.54) is 4.70 Å². The summed E-state index contributed by atoms with van der Waals surface area (Å²) in [6.45, 7) is 2.40. The lowest BCUT2D eigenvalue weighted by molar-refractivity contribution is -0.120. The van der Waals surface area contributed by atoms with E-state index in [1.54, 1.807) is 11.3 Å². The number of hydrogen-bond acceptors (Lipinski definition) is 4. The molecule has 0 bridgehead atoms. The van der Waals surface area contributed by atoms with Gasteiger partial charge in [-0.3, -0.25) is 10.1 Å². The van der Waals surface area contributed by atoms with Crippen LogP contribution in [-0.4, -0.2) is 23.5 Å². The highest BCUT2D eigenvalue weighted by Crippen LogP contribution is 2.25. The van der Waals surface area contributed by atoms with E-state index in [-0.39, 0.29) is 11.9 Å². The summed E-state index contributed by atoms with van der Waals surface area (Å²) in [5.41, 5.74) is 1.03. The maximum Gasteiger partial charge on any atom is 0.234 e. The van der Waals surface area contributed by atoms with Crippen LogP contribution in [0.5, 0.6) is 0 Å². The lowest BCUT2D eigenvalue weighted by Gasteiger charge is -2.10. The van der Waals surface area contributed by atoms with Gasteiger partial charge in [-0.25, -0.2) is 4.98 Å². The average molecular weight is 275 g/mol. The van der Waals surface area contributed by atoms with Gasteiger partial charge in [0.15, 0.2) is 0 Å². The highest BCUT2D eigenvalue weighted by Gasteiger charge is 2.23. The molecule has 1 atom stereocenters. The zero-order valence-corrected chi connectivity index (χ0v) is 11.7. The number of thiazole rings is 1. The predicted octanol–water partition coefficient (Wildman–Crippen LogP) is 2.23. The van der Waals surface area contributed by atoms with Gasteiger partial charge in [-0.05, 0) is 31.9 Å². The summed E-state index contributed by atoms with van der Waals surface area (Å²) >= 11 is 1.68. The third kappa shape index (κ3) is 3.11. The molecule has 0 spiro atoms. The number of para-hydroxylation sites is 1. The van der Waals surface area contributed by atoms with Crippen LogP contribution in [0.15, 0.2) is 24.3 Å². The predicted molar refractivity (Wildman–Crippen MR) is 77.2 cm³/mol. The van der Waals surface area contributed by atoms with Gasteiger partial charge in [0.1, 0.15) is 5.01 Å². The molecule has 1 fully saturated rings. The van der Waals surface area contributed by atoms with Gasteiger partial charge in [-0.1, -0.05) is 12.1 Å². The molecule has 5 heteroatoms. The van der Waals surface area contributed by atoms with E-state index in [9.17, 15) is 4.79 Å². The molecule has 0 saturated heterocycles. The van der Waals surface area contributed by atoms with Crippen molar-refractivity contribution in [2.24, 2.45) is 0 Å².